The molecule has 0 spiro atoms. The maximum atomic E-state index is 13.0. The van der Waals surface area contributed by atoms with Crippen LogP contribution in [0.25, 0.3) is 11.3 Å². The molecule has 0 aliphatic carbocycles. The highest BCUT2D eigenvalue weighted by molar-refractivity contribution is 7.09. The predicted molar refractivity (Wildman–Crippen MR) is 123 cm³/mol. The van der Waals surface area contributed by atoms with Gasteiger partial charge < -0.3 is 10.2 Å². The van der Waals surface area contributed by atoms with Gasteiger partial charge in [0, 0.05) is 35.6 Å². The molecule has 1 saturated heterocycles. The van der Waals surface area contributed by atoms with Gasteiger partial charge in [-0.25, -0.2) is 4.98 Å². The number of benzene rings is 1. The zero-order chi connectivity index (χ0) is 20.9. The number of hydrogen-bond donors (Lipinski definition) is 1. The summed E-state index contributed by atoms with van der Waals surface area (Å²) in [6, 6.07) is 8.11. The van der Waals surface area contributed by atoms with Crippen LogP contribution in [0.15, 0.2) is 65.2 Å². The van der Waals surface area contributed by atoms with E-state index in [1.807, 2.05) is 59.7 Å². The number of likely N-dealkylation sites (tertiary alicyclic amines) is 1. The largest absolute Gasteiger partial charge is 0.372 e. The second-order valence-electron chi connectivity index (χ2n) is 7.59. The minimum atomic E-state index is 0.0891. The Bertz CT molecular complexity index is 1090. The number of thiazole rings is 1. The fraction of sp³-hybridized carbons (Fsp3) is 0.280. The lowest BCUT2D eigenvalue weighted by molar-refractivity contribution is 0.0743. The molecule has 4 nitrogen and oxygen atoms in total. The zero-order valence-corrected chi connectivity index (χ0v) is 18.1. The Morgan fingerprint density at radius 2 is 2.17 bits per heavy atom. The van der Waals surface area contributed by atoms with Gasteiger partial charge >= 0.3 is 0 Å². The van der Waals surface area contributed by atoms with Gasteiger partial charge in [0.1, 0.15) is 0 Å². The number of nitrogens with zero attached hydrogens (tertiary/aromatic N) is 2. The smallest absolute Gasteiger partial charge is 0.253 e. The van der Waals surface area contributed by atoms with E-state index in [1.165, 1.54) is 5.57 Å². The maximum Gasteiger partial charge on any atom is 0.253 e. The number of allylic oxidation sites excluding steroid dienone is 4. The molecule has 0 saturated carbocycles. The fourth-order valence-corrected chi connectivity index (χ4v) is 4.21. The van der Waals surface area contributed by atoms with Gasteiger partial charge in [-0.05, 0) is 56.9 Å². The van der Waals surface area contributed by atoms with Crippen molar-refractivity contribution in [3.05, 3.63) is 75.8 Å². The molecule has 1 amide bonds. The molecule has 2 aliphatic heterocycles. The van der Waals surface area contributed by atoms with Gasteiger partial charge in [-0.1, -0.05) is 35.8 Å². The van der Waals surface area contributed by atoms with Crippen molar-refractivity contribution in [2.24, 2.45) is 0 Å². The molecule has 5 heteroatoms. The Hall–Kier alpha value is -3.10. The molecule has 1 aromatic carbocycles. The van der Waals surface area contributed by atoms with Crippen molar-refractivity contribution in [1.82, 2.24) is 15.2 Å². The van der Waals surface area contributed by atoms with E-state index in [2.05, 4.69) is 35.1 Å². The summed E-state index contributed by atoms with van der Waals surface area (Å²) < 4.78 is 0. The molecule has 2 aromatic rings. The number of aromatic nitrogens is 1. The van der Waals surface area contributed by atoms with Crippen molar-refractivity contribution < 1.29 is 4.79 Å². The summed E-state index contributed by atoms with van der Waals surface area (Å²) in [6.45, 7) is 5.55. The first kappa shape index (κ1) is 20.2. The van der Waals surface area contributed by atoms with Crippen molar-refractivity contribution in [2.45, 2.75) is 32.7 Å². The number of rotatable bonds is 2. The Balaban J connectivity index is 1.37. The molecule has 1 N–H and O–H groups in total. The summed E-state index contributed by atoms with van der Waals surface area (Å²) in [4.78, 5) is 19.5. The van der Waals surface area contributed by atoms with Gasteiger partial charge in [0.25, 0.3) is 5.91 Å². The summed E-state index contributed by atoms with van der Waals surface area (Å²) in [5.74, 6) is 6.42. The number of amides is 1. The lowest BCUT2D eigenvalue weighted by Gasteiger charge is -2.28. The number of nitrogens with one attached hydrogen (secondary N) is 1. The Morgan fingerprint density at radius 3 is 2.90 bits per heavy atom. The number of dihydropyridines is 1. The highest BCUT2D eigenvalue weighted by Crippen LogP contribution is 2.24. The summed E-state index contributed by atoms with van der Waals surface area (Å²) in [6.07, 6.45) is 9.88. The number of piperidine rings is 1. The third-order valence-corrected chi connectivity index (χ3v) is 6.02. The molecule has 152 valence electrons. The molecule has 30 heavy (non-hydrogen) atoms. The Morgan fingerprint density at radius 1 is 1.33 bits per heavy atom. The molecule has 1 aromatic heterocycles. The van der Waals surface area contributed by atoms with Crippen LogP contribution >= 0.6 is 11.3 Å². The van der Waals surface area contributed by atoms with Crippen molar-refractivity contribution in [1.29, 1.82) is 0 Å². The van der Waals surface area contributed by atoms with Crippen LogP contribution in [-0.2, 0) is 0 Å². The van der Waals surface area contributed by atoms with Crippen LogP contribution in [0.5, 0.6) is 0 Å². The van der Waals surface area contributed by atoms with Crippen LogP contribution in [0, 0.1) is 18.8 Å². The number of hydrogen-bond acceptors (Lipinski definition) is 4. The summed E-state index contributed by atoms with van der Waals surface area (Å²) in [5.41, 5.74) is 4.90. The second kappa shape index (κ2) is 9.15. The molecule has 1 unspecified atom stereocenters. The summed E-state index contributed by atoms with van der Waals surface area (Å²) in [7, 11) is 0. The Labute approximate surface area is 182 Å². The third kappa shape index (κ3) is 4.90. The van der Waals surface area contributed by atoms with E-state index in [-0.39, 0.29) is 5.91 Å². The van der Waals surface area contributed by atoms with Crippen LogP contribution in [0.3, 0.4) is 0 Å². The average molecular weight is 416 g/mol. The van der Waals surface area contributed by atoms with Crippen molar-refractivity contribution in [3.8, 4) is 23.1 Å². The first-order chi connectivity index (χ1) is 14.6. The first-order valence-corrected chi connectivity index (χ1v) is 11.1. The van der Waals surface area contributed by atoms with E-state index in [0.29, 0.717) is 6.04 Å². The van der Waals surface area contributed by atoms with Crippen LogP contribution in [-0.4, -0.2) is 34.9 Å². The summed E-state index contributed by atoms with van der Waals surface area (Å²) >= 11 is 1.62. The van der Waals surface area contributed by atoms with E-state index in [1.54, 1.807) is 11.3 Å². The summed E-state index contributed by atoms with van der Waals surface area (Å²) in [5, 5.41) is 6.39. The normalized spacial score (nSPS) is 18.2. The molecule has 0 radical (unpaired) electrons. The third-order valence-electron chi connectivity index (χ3n) is 5.25. The fourth-order valence-electron chi connectivity index (χ4n) is 3.59. The van der Waals surface area contributed by atoms with E-state index < -0.39 is 0 Å². The highest BCUT2D eigenvalue weighted by atomic mass is 32.1. The van der Waals surface area contributed by atoms with Crippen LogP contribution < -0.4 is 5.32 Å². The molecule has 2 aliphatic rings. The van der Waals surface area contributed by atoms with Crippen LogP contribution in [0.2, 0.25) is 0 Å². The predicted octanol–water partition coefficient (Wildman–Crippen LogP) is 4.72. The monoisotopic (exact) mass is 415 g/mol. The van der Waals surface area contributed by atoms with Crippen molar-refractivity contribution in [3.63, 3.8) is 0 Å². The van der Waals surface area contributed by atoms with Crippen molar-refractivity contribution >= 4 is 17.2 Å². The maximum absolute atomic E-state index is 13.0. The molecule has 4 rings (SSSR count). The van der Waals surface area contributed by atoms with Gasteiger partial charge in [0.15, 0.2) is 0 Å². The van der Waals surface area contributed by atoms with E-state index in [4.69, 9.17) is 0 Å². The average Bonchev–Trinajstić information content (AvgIpc) is 3.20. The molecular formula is C25H25N3OS. The minimum absolute atomic E-state index is 0.0891. The second-order valence-corrected chi connectivity index (χ2v) is 8.66. The molecular weight excluding hydrogens is 390 g/mol. The number of aryl methyl sites for hydroxylation is 1. The van der Waals surface area contributed by atoms with Gasteiger partial charge in [-0.15, -0.1) is 11.3 Å². The van der Waals surface area contributed by atoms with E-state index >= 15 is 0 Å². The molecule has 1 fully saturated rings. The first-order valence-electron chi connectivity index (χ1n) is 10.2. The van der Waals surface area contributed by atoms with Crippen molar-refractivity contribution in [2.75, 3.05) is 13.1 Å². The van der Waals surface area contributed by atoms with Crippen LogP contribution in [0.1, 0.15) is 35.1 Å². The van der Waals surface area contributed by atoms with Crippen LogP contribution in [0.4, 0.5) is 0 Å². The number of carbonyl (C=O) groups excluding carboxylic acids is 1. The lowest BCUT2D eigenvalue weighted by atomic mass is 10.0. The minimum Gasteiger partial charge on any atom is -0.372 e. The van der Waals surface area contributed by atoms with Gasteiger partial charge in [-0.2, -0.15) is 0 Å². The topological polar surface area (TPSA) is 45.2 Å². The van der Waals surface area contributed by atoms with Gasteiger partial charge in [-0.3, -0.25) is 4.79 Å². The zero-order valence-electron chi connectivity index (χ0n) is 17.3. The molecule has 3 heterocycles. The molecule has 1 atom stereocenters. The van der Waals surface area contributed by atoms with Gasteiger partial charge in [0.2, 0.25) is 0 Å². The quantitative estimate of drug-likeness (QED) is 0.722. The van der Waals surface area contributed by atoms with E-state index in [9.17, 15) is 4.79 Å². The van der Waals surface area contributed by atoms with Gasteiger partial charge in [0.05, 0.1) is 16.4 Å². The highest BCUT2D eigenvalue weighted by Gasteiger charge is 2.20. The van der Waals surface area contributed by atoms with E-state index in [0.717, 1.165) is 53.5 Å². The SMILES string of the molecule is Cc1nc(-c2cccc(C(=O)N3CCC(=CC#CC4=CC=CC(C)N4)CC3)c2)cs1. The Kier molecular flexibility index (Phi) is 6.15. The lowest BCUT2D eigenvalue weighted by Crippen LogP contribution is -2.36. The number of carbonyl (C=O) groups is 1. The molecule has 0 bridgehead atoms. The standard InChI is InChI=1S/C25H25N3OS/c1-18-6-3-10-23(26-18)11-4-7-20-12-14-28(15-13-20)25(29)22-9-5-8-21(16-22)24-17-30-19(2)27-24/h3,5-10,16-18,26H,12-15H2,1-2H3.